The number of hydrogen-bond acceptors (Lipinski definition) is 5. The van der Waals surface area contributed by atoms with E-state index in [9.17, 15) is 15.0 Å². The lowest BCUT2D eigenvalue weighted by molar-refractivity contribution is -0.109. The summed E-state index contributed by atoms with van der Waals surface area (Å²) < 4.78 is 0. The normalized spacial score (nSPS) is 15.6. The van der Waals surface area contributed by atoms with Gasteiger partial charge in [-0.1, -0.05) is 6.08 Å². The highest BCUT2D eigenvalue weighted by Gasteiger charge is 2.17. The van der Waals surface area contributed by atoms with E-state index in [1.54, 1.807) is 42.5 Å². The second kappa shape index (κ2) is 6.19. The van der Waals surface area contributed by atoms with Crippen molar-refractivity contribution in [2.75, 3.05) is 5.32 Å². The minimum atomic E-state index is -0.228. The number of carbonyl (C=O) groups excluding carboxylic acids is 1. The van der Waals surface area contributed by atoms with Crippen LogP contribution in [0, 0.1) is 0 Å². The fraction of sp³-hybridized carbons (Fsp3) is 0. The van der Waals surface area contributed by atoms with E-state index in [4.69, 9.17) is 0 Å². The summed E-state index contributed by atoms with van der Waals surface area (Å²) in [4.78, 5) is 16.8. The number of aromatic hydroxyl groups is 2. The van der Waals surface area contributed by atoms with Gasteiger partial charge in [0.25, 0.3) is 0 Å². The summed E-state index contributed by atoms with van der Waals surface area (Å²) in [7, 11) is 0. The maximum absolute atomic E-state index is 12.5. The van der Waals surface area contributed by atoms with Gasteiger partial charge in [-0.2, -0.15) is 0 Å². The van der Waals surface area contributed by atoms with Gasteiger partial charge in [0, 0.05) is 5.69 Å². The summed E-state index contributed by atoms with van der Waals surface area (Å²) in [6.07, 6.45) is 5.05. The van der Waals surface area contributed by atoms with Gasteiger partial charge >= 0.3 is 0 Å². The minimum Gasteiger partial charge on any atom is -0.508 e. The number of hydrogen-bond donors (Lipinski definition) is 3. The standard InChI is InChI=1S/C18H14N2O3/c21-14-8-4-12(5-9-14)19-16-2-1-3-17(18(16)23)20-13-6-10-15(22)11-7-13/h1-11,19,21-22H. The number of Topliss-reactive ketones (excluding diaryl/α,β-unsaturated/α-hetero) is 1. The lowest BCUT2D eigenvalue weighted by Crippen LogP contribution is -2.21. The Kier molecular flexibility index (Phi) is 3.93. The Morgan fingerprint density at radius 2 is 1.48 bits per heavy atom. The maximum Gasteiger partial charge on any atom is 0.227 e. The van der Waals surface area contributed by atoms with Gasteiger partial charge in [0.1, 0.15) is 17.2 Å². The Morgan fingerprint density at radius 3 is 2.13 bits per heavy atom. The van der Waals surface area contributed by atoms with Crippen LogP contribution in [0.15, 0.2) is 77.4 Å². The third kappa shape index (κ3) is 3.47. The minimum absolute atomic E-state index is 0.147. The molecule has 0 amide bonds. The quantitative estimate of drug-likeness (QED) is 0.600. The van der Waals surface area contributed by atoms with Crippen molar-refractivity contribution < 1.29 is 15.0 Å². The molecule has 1 aliphatic rings. The lowest BCUT2D eigenvalue weighted by atomic mass is 10.1. The van der Waals surface area contributed by atoms with Crippen molar-refractivity contribution in [3.05, 3.63) is 72.5 Å². The first-order valence-electron chi connectivity index (χ1n) is 6.99. The Morgan fingerprint density at radius 1 is 0.870 bits per heavy atom. The molecular weight excluding hydrogens is 292 g/mol. The molecule has 0 atom stereocenters. The highest BCUT2D eigenvalue weighted by Crippen LogP contribution is 2.20. The zero-order valence-electron chi connectivity index (χ0n) is 12.1. The molecule has 2 aromatic rings. The average Bonchev–Trinajstić information content (AvgIpc) is 2.55. The molecule has 0 fully saturated rings. The lowest BCUT2D eigenvalue weighted by Gasteiger charge is -2.12. The molecule has 5 heteroatoms. The molecule has 0 heterocycles. The molecule has 0 radical (unpaired) electrons. The predicted molar refractivity (Wildman–Crippen MR) is 89.2 cm³/mol. The SMILES string of the molecule is O=C1C(Nc2ccc(O)cc2)=CC=CC1=Nc1ccc(O)cc1. The van der Waals surface area contributed by atoms with Gasteiger partial charge in [-0.15, -0.1) is 0 Å². The summed E-state index contributed by atoms with van der Waals surface area (Å²) in [5, 5.41) is 21.6. The van der Waals surface area contributed by atoms with E-state index in [0.29, 0.717) is 22.8 Å². The molecule has 0 bridgehead atoms. The molecule has 1 aliphatic carbocycles. The highest BCUT2D eigenvalue weighted by atomic mass is 16.3. The van der Waals surface area contributed by atoms with Crippen molar-refractivity contribution in [1.82, 2.24) is 0 Å². The molecule has 0 spiro atoms. The van der Waals surface area contributed by atoms with Crippen LogP contribution in [0.5, 0.6) is 11.5 Å². The van der Waals surface area contributed by atoms with E-state index in [1.807, 2.05) is 0 Å². The smallest absolute Gasteiger partial charge is 0.227 e. The van der Waals surface area contributed by atoms with Crippen molar-refractivity contribution in [2.24, 2.45) is 4.99 Å². The number of anilines is 1. The van der Waals surface area contributed by atoms with Crippen LogP contribution >= 0.6 is 0 Å². The van der Waals surface area contributed by atoms with E-state index >= 15 is 0 Å². The number of phenols is 2. The van der Waals surface area contributed by atoms with E-state index in [2.05, 4.69) is 10.3 Å². The van der Waals surface area contributed by atoms with Gasteiger partial charge < -0.3 is 15.5 Å². The van der Waals surface area contributed by atoms with Crippen molar-refractivity contribution in [2.45, 2.75) is 0 Å². The van der Waals surface area contributed by atoms with E-state index < -0.39 is 0 Å². The Balaban J connectivity index is 1.80. The highest BCUT2D eigenvalue weighted by molar-refractivity contribution is 6.51. The van der Waals surface area contributed by atoms with E-state index in [1.165, 1.54) is 24.3 Å². The van der Waals surface area contributed by atoms with Crippen LogP contribution in [-0.2, 0) is 4.79 Å². The number of rotatable bonds is 3. The molecule has 2 aromatic carbocycles. The van der Waals surface area contributed by atoms with Crippen LogP contribution in [0.2, 0.25) is 0 Å². The molecular formula is C18H14N2O3. The van der Waals surface area contributed by atoms with E-state index in [-0.39, 0.29) is 17.3 Å². The maximum atomic E-state index is 12.5. The van der Waals surface area contributed by atoms with Crippen LogP contribution in [-0.4, -0.2) is 21.7 Å². The van der Waals surface area contributed by atoms with Crippen LogP contribution in [0.3, 0.4) is 0 Å². The molecule has 0 aromatic heterocycles. The third-order valence-electron chi connectivity index (χ3n) is 3.24. The summed E-state index contributed by atoms with van der Waals surface area (Å²) in [6, 6.07) is 12.7. The molecule has 0 saturated carbocycles. The van der Waals surface area contributed by atoms with Crippen molar-refractivity contribution in [1.29, 1.82) is 0 Å². The van der Waals surface area contributed by atoms with Crippen LogP contribution in [0.25, 0.3) is 0 Å². The van der Waals surface area contributed by atoms with Gasteiger partial charge in [0.2, 0.25) is 5.78 Å². The second-order valence-electron chi connectivity index (χ2n) is 4.95. The monoisotopic (exact) mass is 306 g/mol. The number of carbonyl (C=O) groups is 1. The van der Waals surface area contributed by atoms with Crippen molar-refractivity contribution >= 4 is 22.9 Å². The molecule has 0 unspecified atom stereocenters. The fourth-order valence-electron chi connectivity index (χ4n) is 2.08. The van der Waals surface area contributed by atoms with Crippen LogP contribution < -0.4 is 5.32 Å². The summed E-state index contributed by atoms with van der Waals surface area (Å²) in [5.41, 5.74) is 1.98. The molecule has 3 rings (SSSR count). The Hall–Kier alpha value is -3.34. The number of allylic oxidation sites excluding steroid dienone is 4. The fourth-order valence-corrected chi connectivity index (χ4v) is 2.08. The topological polar surface area (TPSA) is 81.9 Å². The van der Waals surface area contributed by atoms with E-state index in [0.717, 1.165) is 0 Å². The van der Waals surface area contributed by atoms with Gasteiger partial charge in [-0.3, -0.25) is 4.79 Å². The first-order valence-corrected chi connectivity index (χ1v) is 6.99. The van der Waals surface area contributed by atoms with Gasteiger partial charge in [-0.05, 0) is 60.7 Å². The predicted octanol–water partition coefficient (Wildman–Crippen LogP) is 3.31. The first-order chi connectivity index (χ1) is 11.1. The number of nitrogens with one attached hydrogen (secondary N) is 1. The number of benzene rings is 2. The molecule has 0 saturated heterocycles. The third-order valence-corrected chi connectivity index (χ3v) is 3.24. The second-order valence-corrected chi connectivity index (χ2v) is 4.95. The Labute approximate surface area is 132 Å². The van der Waals surface area contributed by atoms with Crippen LogP contribution in [0.4, 0.5) is 11.4 Å². The molecule has 3 N–H and O–H groups in total. The van der Waals surface area contributed by atoms with Crippen molar-refractivity contribution in [3.63, 3.8) is 0 Å². The molecule has 114 valence electrons. The average molecular weight is 306 g/mol. The van der Waals surface area contributed by atoms with Gasteiger partial charge in [0.15, 0.2) is 0 Å². The molecule has 5 nitrogen and oxygen atoms in total. The Bertz CT molecular complexity index is 816. The number of nitrogens with zero attached hydrogens (tertiary/aromatic N) is 1. The number of phenolic OH excluding ortho intramolecular Hbond substituents is 2. The summed E-state index contributed by atoms with van der Waals surface area (Å²) in [5.74, 6) is 0.0803. The number of aliphatic imine (C=N–C) groups is 1. The molecule has 23 heavy (non-hydrogen) atoms. The number of ketones is 1. The first kappa shape index (κ1) is 14.6. The zero-order chi connectivity index (χ0) is 16.2. The van der Waals surface area contributed by atoms with Gasteiger partial charge in [0.05, 0.1) is 11.4 Å². The summed E-state index contributed by atoms with van der Waals surface area (Å²) in [6.45, 7) is 0. The van der Waals surface area contributed by atoms with Crippen LogP contribution in [0.1, 0.15) is 0 Å². The molecule has 0 aliphatic heterocycles. The van der Waals surface area contributed by atoms with Crippen molar-refractivity contribution in [3.8, 4) is 11.5 Å². The zero-order valence-corrected chi connectivity index (χ0v) is 12.1. The summed E-state index contributed by atoms with van der Waals surface area (Å²) >= 11 is 0. The van der Waals surface area contributed by atoms with Gasteiger partial charge in [-0.25, -0.2) is 4.99 Å². The largest absolute Gasteiger partial charge is 0.508 e.